The number of ether oxygens (including phenoxy) is 2. The Balaban J connectivity index is 1.37. The van der Waals surface area contributed by atoms with Crippen LogP contribution in [-0.4, -0.2) is 67.8 Å². The lowest BCUT2D eigenvalue weighted by atomic mass is 9.82. The lowest BCUT2D eigenvalue weighted by Crippen LogP contribution is -2.70. The number of nitrogens with zero attached hydrogens (tertiary/aromatic N) is 2. The van der Waals surface area contributed by atoms with E-state index in [2.05, 4.69) is 9.88 Å². The number of hydrogen-bond acceptors (Lipinski definition) is 6. The van der Waals surface area contributed by atoms with Gasteiger partial charge >= 0.3 is 0 Å². The first kappa shape index (κ1) is 17.4. The van der Waals surface area contributed by atoms with E-state index in [1.54, 1.807) is 12.4 Å². The van der Waals surface area contributed by atoms with Crippen LogP contribution >= 0.6 is 0 Å². The van der Waals surface area contributed by atoms with Crippen molar-refractivity contribution in [2.24, 2.45) is 5.92 Å². The molecule has 1 spiro atoms. The van der Waals surface area contributed by atoms with Crippen molar-refractivity contribution in [3.05, 3.63) is 30.1 Å². The Hall–Kier alpha value is -1.02. The molecule has 3 fully saturated rings. The molecule has 1 atom stereocenters. The van der Waals surface area contributed by atoms with Crippen LogP contribution < -0.4 is 0 Å². The Bertz CT molecular complexity index is 682. The van der Waals surface area contributed by atoms with Crippen molar-refractivity contribution in [1.82, 2.24) is 9.88 Å². The number of hydrogen-bond donors (Lipinski definition) is 0. The maximum absolute atomic E-state index is 12.7. The number of pyridine rings is 1. The van der Waals surface area contributed by atoms with Crippen LogP contribution in [0.15, 0.2) is 24.5 Å². The molecular formula is C18H26N2O4S. The SMILES string of the molecule is O=S1(=O)CCC(COCc2ccncc2)C12CN(C1CCOCC1)C2. The highest BCUT2D eigenvalue weighted by atomic mass is 32.2. The van der Waals surface area contributed by atoms with E-state index in [1.165, 1.54) is 0 Å². The zero-order chi connectivity index (χ0) is 17.3. The first-order valence-corrected chi connectivity index (χ1v) is 10.8. The van der Waals surface area contributed by atoms with Crippen LogP contribution in [0.2, 0.25) is 0 Å². The van der Waals surface area contributed by atoms with Gasteiger partial charge in [-0.3, -0.25) is 9.88 Å². The summed E-state index contributed by atoms with van der Waals surface area (Å²) in [4.78, 5) is 6.35. The quantitative estimate of drug-likeness (QED) is 0.782. The largest absolute Gasteiger partial charge is 0.381 e. The van der Waals surface area contributed by atoms with E-state index in [9.17, 15) is 8.42 Å². The van der Waals surface area contributed by atoms with E-state index < -0.39 is 14.6 Å². The minimum Gasteiger partial charge on any atom is -0.381 e. The summed E-state index contributed by atoms with van der Waals surface area (Å²) >= 11 is 0. The summed E-state index contributed by atoms with van der Waals surface area (Å²) in [5.74, 6) is 0.410. The van der Waals surface area contributed by atoms with Crippen molar-refractivity contribution in [3.63, 3.8) is 0 Å². The second-order valence-electron chi connectivity index (χ2n) is 7.49. The predicted molar refractivity (Wildman–Crippen MR) is 93.9 cm³/mol. The van der Waals surface area contributed by atoms with E-state index in [4.69, 9.17) is 9.47 Å². The van der Waals surface area contributed by atoms with Crippen LogP contribution in [0, 0.1) is 5.92 Å². The van der Waals surface area contributed by atoms with Gasteiger partial charge in [-0.1, -0.05) is 0 Å². The number of likely N-dealkylation sites (tertiary alicyclic amines) is 1. The summed E-state index contributed by atoms with van der Waals surface area (Å²) in [5, 5.41) is 0. The highest BCUT2D eigenvalue weighted by Gasteiger charge is 2.62. The van der Waals surface area contributed by atoms with E-state index in [1.807, 2.05) is 12.1 Å². The molecule has 4 rings (SSSR count). The third-order valence-corrected chi connectivity index (χ3v) is 8.69. The fourth-order valence-electron chi connectivity index (χ4n) is 4.46. The van der Waals surface area contributed by atoms with E-state index >= 15 is 0 Å². The van der Waals surface area contributed by atoms with Crippen molar-refractivity contribution in [2.45, 2.75) is 36.7 Å². The maximum Gasteiger partial charge on any atom is 0.158 e. The molecule has 1 aromatic rings. The molecule has 0 radical (unpaired) electrons. The minimum absolute atomic E-state index is 0.107. The van der Waals surface area contributed by atoms with Gasteiger partial charge in [-0.25, -0.2) is 8.42 Å². The third-order valence-electron chi connectivity index (χ3n) is 6.08. The summed E-state index contributed by atoms with van der Waals surface area (Å²) < 4.78 is 36.2. The Morgan fingerprint density at radius 3 is 2.64 bits per heavy atom. The summed E-state index contributed by atoms with van der Waals surface area (Å²) in [7, 11) is -3.03. The van der Waals surface area contributed by atoms with Gasteiger partial charge in [-0.15, -0.1) is 0 Å². The topological polar surface area (TPSA) is 68.7 Å². The fourth-order valence-corrected chi connectivity index (χ4v) is 6.88. The van der Waals surface area contributed by atoms with Crippen LogP contribution in [0.3, 0.4) is 0 Å². The molecule has 3 aliphatic heterocycles. The molecule has 0 N–H and O–H groups in total. The van der Waals surface area contributed by atoms with Crippen molar-refractivity contribution in [2.75, 3.05) is 38.7 Å². The first-order valence-electron chi connectivity index (χ1n) is 9.11. The van der Waals surface area contributed by atoms with Crippen molar-refractivity contribution in [1.29, 1.82) is 0 Å². The lowest BCUT2D eigenvalue weighted by molar-refractivity contribution is -0.0318. The maximum atomic E-state index is 12.7. The summed E-state index contributed by atoms with van der Waals surface area (Å²) in [5.41, 5.74) is 1.07. The minimum atomic E-state index is -3.03. The molecule has 1 aromatic heterocycles. The smallest absolute Gasteiger partial charge is 0.158 e. The molecular weight excluding hydrogens is 340 g/mol. The molecule has 4 heterocycles. The van der Waals surface area contributed by atoms with Gasteiger partial charge in [0.05, 0.1) is 19.0 Å². The van der Waals surface area contributed by atoms with Crippen LogP contribution in [-0.2, 0) is 25.9 Å². The summed E-state index contributed by atoms with van der Waals surface area (Å²) in [6.07, 6.45) is 6.24. The Labute approximate surface area is 149 Å². The molecule has 0 bridgehead atoms. The normalized spacial score (nSPS) is 28.9. The molecule has 6 nitrogen and oxygen atoms in total. The highest BCUT2D eigenvalue weighted by molar-refractivity contribution is 7.93. The van der Waals surface area contributed by atoms with Gasteiger partial charge in [0, 0.05) is 50.7 Å². The molecule has 7 heteroatoms. The van der Waals surface area contributed by atoms with Crippen LogP contribution in [0.4, 0.5) is 0 Å². The first-order chi connectivity index (χ1) is 12.1. The second-order valence-corrected chi connectivity index (χ2v) is 9.94. The second kappa shape index (κ2) is 6.95. The van der Waals surface area contributed by atoms with Gasteiger partial charge in [-0.05, 0) is 37.0 Å². The zero-order valence-electron chi connectivity index (χ0n) is 14.5. The van der Waals surface area contributed by atoms with Gasteiger partial charge in [0.2, 0.25) is 0 Å². The monoisotopic (exact) mass is 366 g/mol. The van der Waals surface area contributed by atoms with Crippen molar-refractivity contribution in [3.8, 4) is 0 Å². The molecule has 3 aliphatic rings. The van der Waals surface area contributed by atoms with E-state index in [0.29, 0.717) is 38.1 Å². The van der Waals surface area contributed by atoms with Gasteiger partial charge in [0.15, 0.2) is 9.84 Å². The molecule has 1 unspecified atom stereocenters. The summed E-state index contributed by atoms with van der Waals surface area (Å²) in [6.45, 7) is 3.95. The zero-order valence-corrected chi connectivity index (χ0v) is 15.3. The highest BCUT2D eigenvalue weighted by Crippen LogP contribution is 2.46. The molecule has 3 saturated heterocycles. The number of rotatable bonds is 5. The van der Waals surface area contributed by atoms with Gasteiger partial charge in [0.25, 0.3) is 0 Å². The number of aromatic nitrogens is 1. The Morgan fingerprint density at radius 2 is 1.92 bits per heavy atom. The molecule has 0 aromatic carbocycles. The molecule has 0 saturated carbocycles. The third kappa shape index (κ3) is 3.23. The van der Waals surface area contributed by atoms with Crippen molar-refractivity contribution >= 4 is 9.84 Å². The molecule has 0 amide bonds. The Morgan fingerprint density at radius 1 is 1.20 bits per heavy atom. The molecule has 0 aliphatic carbocycles. The Kier molecular flexibility index (Phi) is 4.83. The summed E-state index contributed by atoms with van der Waals surface area (Å²) in [6, 6.07) is 4.34. The van der Waals surface area contributed by atoms with E-state index in [-0.39, 0.29) is 5.92 Å². The van der Waals surface area contributed by atoms with Gasteiger partial charge < -0.3 is 9.47 Å². The van der Waals surface area contributed by atoms with Gasteiger partial charge in [0.1, 0.15) is 4.75 Å². The number of sulfone groups is 1. The van der Waals surface area contributed by atoms with Crippen LogP contribution in [0.25, 0.3) is 0 Å². The van der Waals surface area contributed by atoms with Crippen molar-refractivity contribution < 1.29 is 17.9 Å². The van der Waals surface area contributed by atoms with Crippen LogP contribution in [0.5, 0.6) is 0 Å². The van der Waals surface area contributed by atoms with Gasteiger partial charge in [-0.2, -0.15) is 0 Å². The standard InChI is InChI=1S/C18H26N2O4S/c21-25(22)10-5-16(12-24-11-15-1-6-19-7-2-15)18(25)13-20(14-18)17-3-8-23-9-4-17/h1-2,6-7,16-17H,3-5,8-14H2. The lowest BCUT2D eigenvalue weighted by Gasteiger charge is -2.53. The molecule has 138 valence electrons. The van der Waals surface area contributed by atoms with Crippen LogP contribution in [0.1, 0.15) is 24.8 Å². The van der Waals surface area contributed by atoms with E-state index in [0.717, 1.165) is 38.0 Å². The predicted octanol–water partition coefficient (Wildman–Crippen LogP) is 1.27. The fraction of sp³-hybridized carbons (Fsp3) is 0.722. The average molecular weight is 366 g/mol. The molecule has 25 heavy (non-hydrogen) atoms. The average Bonchev–Trinajstić information content (AvgIpc) is 2.86.